The van der Waals surface area contributed by atoms with E-state index in [0.717, 1.165) is 17.6 Å². The summed E-state index contributed by atoms with van der Waals surface area (Å²) in [5.74, 6) is 0.271. The van der Waals surface area contributed by atoms with Crippen LogP contribution in [0.4, 0.5) is 0 Å². The van der Waals surface area contributed by atoms with Gasteiger partial charge in [0.05, 0.1) is 43.7 Å². The first kappa shape index (κ1) is 25.2. The van der Waals surface area contributed by atoms with Crippen molar-refractivity contribution in [1.29, 1.82) is 0 Å². The molecule has 0 unspecified atom stereocenters. The van der Waals surface area contributed by atoms with Crippen LogP contribution in [0.25, 0.3) is 0 Å². The molecule has 5 N–H and O–H groups in total. The topological polar surface area (TPSA) is 131 Å². The van der Waals surface area contributed by atoms with E-state index in [1.165, 1.54) is 0 Å². The predicted octanol–water partition coefficient (Wildman–Crippen LogP) is 0.973. The standard InChI is InChI=1S/C9H14O2.C7H12O3.C7H12O2/c1-6-3-4-8(7(2)11)9(6)5-10;1-7-4(3-8)5(9)2-6(7)10-7;1-5-2-3-7(9)6(5)4-8/h3,8-10H,4-5H2,1-2H3;4-6,8-9H,2-3H2,1H3;2,6-9H,3-4H2,1H3/t8-,9+;4-,5+,6-,7+;6-,7-/m110/s1. The molecule has 0 radical (unpaired) electrons. The van der Waals surface area contributed by atoms with E-state index in [2.05, 4.69) is 0 Å². The molecule has 30 heavy (non-hydrogen) atoms. The second-order valence-corrected chi connectivity index (χ2v) is 9.11. The molecule has 1 saturated carbocycles. The molecule has 0 aromatic heterocycles. The molecule has 8 atom stereocenters. The Morgan fingerprint density at radius 1 is 1.00 bits per heavy atom. The van der Waals surface area contributed by atoms with Gasteiger partial charge >= 0.3 is 0 Å². The summed E-state index contributed by atoms with van der Waals surface area (Å²) in [7, 11) is 0. The van der Waals surface area contributed by atoms with Crippen LogP contribution in [0.1, 0.15) is 47.0 Å². The third kappa shape index (κ3) is 5.39. The van der Waals surface area contributed by atoms with Gasteiger partial charge in [-0.15, -0.1) is 0 Å². The molecule has 0 spiro atoms. The average Bonchev–Trinajstić information content (AvgIpc) is 2.95. The van der Waals surface area contributed by atoms with Gasteiger partial charge in [-0.25, -0.2) is 0 Å². The van der Waals surface area contributed by atoms with Gasteiger partial charge in [-0.2, -0.15) is 0 Å². The van der Waals surface area contributed by atoms with Gasteiger partial charge in [-0.05, 0) is 40.5 Å². The van der Waals surface area contributed by atoms with Crippen molar-refractivity contribution in [2.24, 2.45) is 23.7 Å². The zero-order valence-electron chi connectivity index (χ0n) is 18.5. The molecule has 7 heteroatoms. The molecule has 4 rings (SSSR count). The molecular formula is C23H38O7. The van der Waals surface area contributed by atoms with Crippen molar-refractivity contribution in [2.45, 2.75) is 70.9 Å². The second-order valence-electron chi connectivity index (χ2n) is 9.11. The lowest BCUT2D eigenvalue weighted by molar-refractivity contribution is -0.122. The summed E-state index contributed by atoms with van der Waals surface area (Å²) in [5.41, 5.74) is 2.08. The van der Waals surface area contributed by atoms with E-state index in [-0.39, 0.29) is 73.2 Å². The van der Waals surface area contributed by atoms with Crippen molar-refractivity contribution < 1.29 is 35.1 Å². The lowest BCUT2D eigenvalue weighted by atomic mass is 9.90. The lowest BCUT2D eigenvalue weighted by Gasteiger charge is -2.17. The van der Waals surface area contributed by atoms with E-state index in [4.69, 9.17) is 25.2 Å². The first-order valence-corrected chi connectivity index (χ1v) is 10.8. The van der Waals surface area contributed by atoms with Crippen LogP contribution in [0.15, 0.2) is 23.3 Å². The number of fused-ring (bicyclic) bond motifs is 1. The smallest absolute Gasteiger partial charge is 0.133 e. The summed E-state index contributed by atoms with van der Waals surface area (Å²) in [4.78, 5) is 11.0. The number of epoxide rings is 1. The predicted molar refractivity (Wildman–Crippen MR) is 113 cm³/mol. The number of allylic oxidation sites excluding steroid dienone is 1. The van der Waals surface area contributed by atoms with Gasteiger partial charge in [0.1, 0.15) is 5.78 Å². The Labute approximate surface area is 179 Å². The summed E-state index contributed by atoms with van der Waals surface area (Å²) in [6.45, 7) is 7.68. The SMILES string of the molecule is CC(=O)[C@H]1CC=C(C)[C@@H]1CO.CC1=CC[C@H](O)[C@H]1CO.C[C@@]12O[C@@H]1C[C@H](O)[C@H]2CO. The van der Waals surface area contributed by atoms with Gasteiger partial charge in [0.25, 0.3) is 0 Å². The maximum Gasteiger partial charge on any atom is 0.133 e. The Kier molecular flexibility index (Phi) is 8.80. The van der Waals surface area contributed by atoms with E-state index in [0.29, 0.717) is 12.8 Å². The van der Waals surface area contributed by atoms with Gasteiger partial charge in [0.2, 0.25) is 0 Å². The fraction of sp³-hybridized carbons (Fsp3) is 0.783. The highest BCUT2D eigenvalue weighted by Crippen LogP contribution is 2.53. The van der Waals surface area contributed by atoms with Crippen LogP contribution in [0, 0.1) is 23.7 Å². The molecule has 1 aliphatic heterocycles. The van der Waals surface area contributed by atoms with Crippen LogP contribution in [0.2, 0.25) is 0 Å². The molecule has 3 aliphatic carbocycles. The van der Waals surface area contributed by atoms with Crippen LogP contribution < -0.4 is 0 Å². The number of hydrogen-bond donors (Lipinski definition) is 5. The summed E-state index contributed by atoms with van der Waals surface area (Å²) in [6.07, 6.45) is 5.76. The van der Waals surface area contributed by atoms with Crippen molar-refractivity contribution >= 4 is 5.78 Å². The number of aliphatic hydroxyl groups is 5. The zero-order valence-corrected chi connectivity index (χ0v) is 18.5. The monoisotopic (exact) mass is 426 g/mol. The van der Waals surface area contributed by atoms with Gasteiger partial charge in [0.15, 0.2) is 0 Å². The highest BCUT2D eigenvalue weighted by Gasteiger charge is 2.65. The molecule has 0 amide bonds. The number of ketones is 1. The fourth-order valence-corrected chi connectivity index (χ4v) is 4.81. The number of carbonyl (C=O) groups excluding carboxylic acids is 1. The number of hydrogen-bond acceptors (Lipinski definition) is 7. The maximum absolute atomic E-state index is 11.0. The maximum atomic E-state index is 11.0. The minimum atomic E-state index is -0.353. The highest BCUT2D eigenvalue weighted by molar-refractivity contribution is 5.79. The van der Waals surface area contributed by atoms with E-state index >= 15 is 0 Å². The van der Waals surface area contributed by atoms with E-state index < -0.39 is 0 Å². The lowest BCUT2D eigenvalue weighted by Crippen LogP contribution is -2.29. The van der Waals surface area contributed by atoms with Gasteiger partial charge in [-0.1, -0.05) is 23.3 Å². The molecule has 4 aliphatic rings. The van der Waals surface area contributed by atoms with Crippen molar-refractivity contribution in [1.82, 2.24) is 0 Å². The normalized spacial score (nSPS) is 41.0. The van der Waals surface area contributed by atoms with Crippen LogP contribution >= 0.6 is 0 Å². The molecule has 1 saturated heterocycles. The second kappa shape index (κ2) is 10.5. The minimum Gasteiger partial charge on any atom is -0.396 e. The van der Waals surface area contributed by atoms with Crippen LogP contribution in [-0.2, 0) is 9.53 Å². The van der Waals surface area contributed by atoms with Crippen LogP contribution in [0.5, 0.6) is 0 Å². The Morgan fingerprint density at radius 3 is 1.87 bits per heavy atom. The molecular weight excluding hydrogens is 388 g/mol. The molecule has 0 bridgehead atoms. The first-order chi connectivity index (χ1) is 14.1. The molecule has 0 aromatic rings. The summed E-state index contributed by atoms with van der Waals surface area (Å²) < 4.78 is 5.29. The molecule has 0 aromatic carbocycles. The minimum absolute atomic E-state index is 0.00463. The van der Waals surface area contributed by atoms with Crippen molar-refractivity contribution in [3.63, 3.8) is 0 Å². The average molecular weight is 427 g/mol. The van der Waals surface area contributed by atoms with Crippen LogP contribution in [0.3, 0.4) is 0 Å². The Morgan fingerprint density at radius 2 is 1.57 bits per heavy atom. The quantitative estimate of drug-likeness (QED) is 0.334. The number of ether oxygens (including phenoxy) is 1. The zero-order chi connectivity index (χ0) is 22.6. The van der Waals surface area contributed by atoms with E-state index in [9.17, 15) is 9.90 Å². The first-order valence-electron chi connectivity index (χ1n) is 10.8. The summed E-state index contributed by atoms with van der Waals surface area (Å²) >= 11 is 0. The third-order valence-electron chi connectivity index (χ3n) is 7.24. The third-order valence-corrected chi connectivity index (χ3v) is 7.24. The Hall–Kier alpha value is -1.09. The molecule has 2 fully saturated rings. The number of aliphatic hydroxyl groups excluding tert-OH is 5. The molecule has 7 nitrogen and oxygen atoms in total. The largest absolute Gasteiger partial charge is 0.396 e. The van der Waals surface area contributed by atoms with E-state index in [1.807, 2.05) is 32.9 Å². The Balaban J connectivity index is 0.000000161. The van der Waals surface area contributed by atoms with Crippen molar-refractivity contribution in [3.8, 4) is 0 Å². The summed E-state index contributed by atoms with van der Waals surface area (Å²) in [5, 5.41) is 45.0. The molecule has 1 heterocycles. The van der Waals surface area contributed by atoms with Gasteiger partial charge in [-0.3, -0.25) is 4.79 Å². The number of Topliss-reactive ketones (excluding diaryl/α,β-unsaturated/α-hetero) is 1. The van der Waals surface area contributed by atoms with Crippen molar-refractivity contribution in [2.75, 3.05) is 19.8 Å². The fourth-order valence-electron chi connectivity index (χ4n) is 4.81. The highest BCUT2D eigenvalue weighted by atomic mass is 16.6. The molecule has 172 valence electrons. The van der Waals surface area contributed by atoms with Crippen LogP contribution in [-0.4, -0.2) is 75.0 Å². The number of rotatable bonds is 4. The van der Waals surface area contributed by atoms with Gasteiger partial charge in [0, 0.05) is 30.1 Å². The Bertz CT molecular complexity index is 658. The van der Waals surface area contributed by atoms with E-state index in [1.54, 1.807) is 6.92 Å². The summed E-state index contributed by atoms with van der Waals surface area (Å²) in [6, 6.07) is 0. The number of carbonyl (C=O) groups is 1. The van der Waals surface area contributed by atoms with Gasteiger partial charge < -0.3 is 30.3 Å². The van der Waals surface area contributed by atoms with Crippen molar-refractivity contribution in [3.05, 3.63) is 23.3 Å².